The molecule has 3 aromatic heterocycles. The highest BCUT2D eigenvalue weighted by atomic mass is 35.5. The van der Waals surface area contributed by atoms with E-state index in [2.05, 4.69) is 31.2 Å². The SMILES string of the molecule is COc1nc(-c2ccnc(-c3cccc(Nc4nccc(CNCC(C)(C)C(=O)O)c4F)c3Cl)c2Cl)ccc1CNCC1CCC(=O)N1. The van der Waals surface area contributed by atoms with Gasteiger partial charge in [0.05, 0.1) is 39.6 Å². The van der Waals surface area contributed by atoms with Gasteiger partial charge in [-0.25, -0.2) is 14.4 Å². The van der Waals surface area contributed by atoms with E-state index in [0.29, 0.717) is 64.2 Å². The van der Waals surface area contributed by atoms with Crippen molar-refractivity contribution in [3.05, 3.63) is 81.8 Å². The van der Waals surface area contributed by atoms with Crippen molar-refractivity contribution < 1.29 is 23.8 Å². The lowest BCUT2D eigenvalue weighted by atomic mass is 9.94. The molecule has 11 nitrogen and oxygen atoms in total. The van der Waals surface area contributed by atoms with E-state index in [1.807, 2.05) is 12.1 Å². The third-order valence-electron chi connectivity index (χ3n) is 8.03. The van der Waals surface area contributed by atoms with Gasteiger partial charge in [0.25, 0.3) is 0 Å². The Bertz CT molecular complexity index is 1820. The van der Waals surface area contributed by atoms with E-state index in [9.17, 15) is 14.7 Å². The van der Waals surface area contributed by atoms with Crippen molar-refractivity contribution in [2.75, 3.05) is 25.5 Å². The summed E-state index contributed by atoms with van der Waals surface area (Å²) in [6, 6.07) is 12.3. The summed E-state index contributed by atoms with van der Waals surface area (Å²) < 4.78 is 21.0. The highest BCUT2D eigenvalue weighted by molar-refractivity contribution is 6.39. The van der Waals surface area contributed by atoms with E-state index in [1.54, 1.807) is 51.4 Å². The molecule has 1 aromatic carbocycles. The second-order valence-corrected chi connectivity index (χ2v) is 12.8. The van der Waals surface area contributed by atoms with Gasteiger partial charge in [0.2, 0.25) is 11.8 Å². The molecule has 0 spiro atoms. The molecular formula is C34H36Cl2FN7O4. The zero-order valence-corrected chi connectivity index (χ0v) is 28.2. The number of methoxy groups -OCH3 is 1. The van der Waals surface area contributed by atoms with Crippen molar-refractivity contribution in [2.45, 2.75) is 45.8 Å². The number of aliphatic carboxylic acids is 1. The Kier molecular flexibility index (Phi) is 11.1. The standard InChI is InChI=1S/C34H36Cl2FN7O4/c1-34(2,33(46)47)18-39-15-19-11-13-41-31(29(19)37)43-25-6-4-5-23(27(25)35)30-28(36)22(12-14-40-30)24-9-7-20(32(44-24)48-3)16-38-17-21-8-10-26(45)42-21/h4-7,9,11-14,21,38-39H,8,10,15-18H2,1-3H3,(H,41,43)(H,42,45)(H,46,47). The number of hydrogen-bond donors (Lipinski definition) is 5. The van der Waals surface area contributed by atoms with E-state index >= 15 is 4.39 Å². The van der Waals surface area contributed by atoms with Crippen molar-refractivity contribution in [1.29, 1.82) is 0 Å². The van der Waals surface area contributed by atoms with Crippen molar-refractivity contribution in [3.63, 3.8) is 0 Å². The Balaban J connectivity index is 1.34. The minimum atomic E-state index is -1.01. The first-order valence-electron chi connectivity index (χ1n) is 15.3. The molecule has 1 atom stereocenters. The van der Waals surface area contributed by atoms with Crippen LogP contribution in [0.15, 0.2) is 54.9 Å². The Morgan fingerprint density at radius 1 is 1.04 bits per heavy atom. The molecule has 1 aliphatic heterocycles. The molecule has 0 aliphatic carbocycles. The summed E-state index contributed by atoms with van der Waals surface area (Å²) in [4.78, 5) is 36.2. The van der Waals surface area contributed by atoms with Gasteiger partial charge < -0.3 is 31.1 Å². The molecule has 4 heterocycles. The van der Waals surface area contributed by atoms with Crippen LogP contribution in [0, 0.1) is 11.2 Å². The number of anilines is 2. The maximum absolute atomic E-state index is 15.4. The number of hydrogen-bond acceptors (Lipinski definition) is 9. The van der Waals surface area contributed by atoms with Crippen LogP contribution in [0.25, 0.3) is 22.5 Å². The van der Waals surface area contributed by atoms with Gasteiger partial charge in [0, 0.05) is 73.3 Å². The molecule has 0 radical (unpaired) electrons. The van der Waals surface area contributed by atoms with Gasteiger partial charge in [-0.3, -0.25) is 14.6 Å². The number of pyridine rings is 3. The first kappa shape index (κ1) is 35.0. The fourth-order valence-corrected chi connectivity index (χ4v) is 5.78. The number of carboxylic acids is 1. The molecule has 1 amide bonds. The lowest BCUT2D eigenvalue weighted by Gasteiger charge is -2.20. The van der Waals surface area contributed by atoms with Crippen LogP contribution in [0.3, 0.4) is 0 Å². The lowest BCUT2D eigenvalue weighted by Crippen LogP contribution is -2.35. The minimum Gasteiger partial charge on any atom is -0.481 e. The molecule has 48 heavy (non-hydrogen) atoms. The van der Waals surface area contributed by atoms with Crippen LogP contribution in [0.2, 0.25) is 10.0 Å². The summed E-state index contributed by atoms with van der Waals surface area (Å²) in [5.74, 6) is -1.08. The first-order valence-corrected chi connectivity index (χ1v) is 16.1. The lowest BCUT2D eigenvalue weighted by molar-refractivity contribution is -0.146. The van der Waals surface area contributed by atoms with E-state index in [1.165, 1.54) is 12.3 Å². The number of aromatic nitrogens is 3. The average molecular weight is 697 g/mol. The number of carbonyl (C=O) groups excluding carboxylic acids is 1. The van der Waals surface area contributed by atoms with Gasteiger partial charge in [-0.05, 0) is 44.5 Å². The quantitative estimate of drug-likeness (QED) is 0.107. The van der Waals surface area contributed by atoms with Crippen LogP contribution in [0.5, 0.6) is 5.88 Å². The van der Waals surface area contributed by atoms with Crippen LogP contribution < -0.4 is 26.0 Å². The predicted molar refractivity (Wildman–Crippen MR) is 183 cm³/mol. The highest BCUT2D eigenvalue weighted by Crippen LogP contribution is 2.41. The average Bonchev–Trinajstić information content (AvgIpc) is 3.48. The van der Waals surface area contributed by atoms with Gasteiger partial charge in [-0.15, -0.1) is 0 Å². The van der Waals surface area contributed by atoms with Gasteiger partial charge >= 0.3 is 5.97 Å². The number of benzene rings is 1. The van der Waals surface area contributed by atoms with E-state index in [-0.39, 0.29) is 35.9 Å². The number of nitrogens with zero attached hydrogens (tertiary/aromatic N) is 3. The first-order chi connectivity index (χ1) is 23.0. The third-order valence-corrected chi connectivity index (χ3v) is 8.82. The van der Waals surface area contributed by atoms with E-state index in [0.717, 1.165) is 12.0 Å². The molecule has 1 unspecified atom stereocenters. The number of nitrogens with one attached hydrogen (secondary N) is 4. The van der Waals surface area contributed by atoms with Crippen LogP contribution in [0.4, 0.5) is 15.9 Å². The number of rotatable bonds is 14. The van der Waals surface area contributed by atoms with E-state index in [4.69, 9.17) is 32.9 Å². The second kappa shape index (κ2) is 15.2. The van der Waals surface area contributed by atoms with Crippen molar-refractivity contribution >= 4 is 46.6 Å². The Morgan fingerprint density at radius 2 is 1.81 bits per heavy atom. The molecule has 4 aromatic rings. The molecule has 1 aliphatic rings. The van der Waals surface area contributed by atoms with Gasteiger partial charge in [0.1, 0.15) is 0 Å². The molecule has 1 saturated heterocycles. The second-order valence-electron chi connectivity index (χ2n) is 12.0. The summed E-state index contributed by atoms with van der Waals surface area (Å²) >= 11 is 13.8. The maximum Gasteiger partial charge on any atom is 0.310 e. The summed E-state index contributed by atoms with van der Waals surface area (Å²) in [5.41, 5.74) is 2.63. The zero-order chi connectivity index (χ0) is 34.4. The number of carbonyl (C=O) groups is 2. The molecule has 14 heteroatoms. The highest BCUT2D eigenvalue weighted by Gasteiger charge is 2.27. The molecule has 0 saturated carbocycles. The molecule has 5 rings (SSSR count). The van der Waals surface area contributed by atoms with Crippen LogP contribution in [0.1, 0.15) is 37.8 Å². The Labute approximate surface area is 287 Å². The van der Waals surface area contributed by atoms with Gasteiger partial charge in [-0.1, -0.05) is 41.4 Å². The van der Waals surface area contributed by atoms with Gasteiger partial charge in [0.15, 0.2) is 11.6 Å². The van der Waals surface area contributed by atoms with Crippen molar-refractivity contribution in [1.82, 2.24) is 30.9 Å². The smallest absolute Gasteiger partial charge is 0.310 e. The Hall–Kier alpha value is -4.36. The monoisotopic (exact) mass is 695 g/mol. The summed E-state index contributed by atoms with van der Waals surface area (Å²) in [6.45, 7) is 4.59. The molecule has 5 N–H and O–H groups in total. The number of halogens is 3. The number of carboxylic acid groups (broad SMARTS) is 1. The third kappa shape index (κ3) is 8.01. The maximum atomic E-state index is 15.4. The summed E-state index contributed by atoms with van der Waals surface area (Å²) in [6.07, 6.45) is 4.42. The molecule has 252 valence electrons. The number of ether oxygens (including phenoxy) is 1. The normalized spacial score (nSPS) is 14.5. The summed E-state index contributed by atoms with van der Waals surface area (Å²) in [5, 5.41) is 22.2. The van der Waals surface area contributed by atoms with E-state index < -0.39 is 17.2 Å². The van der Waals surface area contributed by atoms with Gasteiger partial charge in [-0.2, -0.15) is 0 Å². The van der Waals surface area contributed by atoms with Crippen LogP contribution >= 0.6 is 23.2 Å². The Morgan fingerprint density at radius 3 is 2.54 bits per heavy atom. The predicted octanol–water partition coefficient (Wildman–Crippen LogP) is 5.97. The fourth-order valence-electron chi connectivity index (χ4n) is 5.20. The molecule has 1 fully saturated rings. The zero-order valence-electron chi connectivity index (χ0n) is 26.7. The van der Waals surface area contributed by atoms with Crippen molar-refractivity contribution in [3.8, 4) is 28.4 Å². The summed E-state index contributed by atoms with van der Waals surface area (Å²) in [7, 11) is 1.55. The fraction of sp³-hybridized carbons (Fsp3) is 0.324. The van der Waals surface area contributed by atoms with Crippen LogP contribution in [-0.2, 0) is 22.7 Å². The number of amides is 1. The topological polar surface area (TPSA) is 150 Å². The molecular weight excluding hydrogens is 660 g/mol. The van der Waals surface area contributed by atoms with Crippen LogP contribution in [-0.4, -0.2) is 58.2 Å². The largest absolute Gasteiger partial charge is 0.481 e. The van der Waals surface area contributed by atoms with Crippen molar-refractivity contribution in [2.24, 2.45) is 5.41 Å². The minimum absolute atomic E-state index is 0.0440. The molecule has 0 bridgehead atoms.